The van der Waals surface area contributed by atoms with Crippen LogP contribution in [0.4, 0.5) is 0 Å². The molecule has 0 atom stereocenters. The second kappa shape index (κ2) is 7.07. The number of halogens is 1. The highest BCUT2D eigenvalue weighted by Crippen LogP contribution is 2.32. The lowest BCUT2D eigenvalue weighted by atomic mass is 10.3. The van der Waals surface area contributed by atoms with E-state index in [9.17, 15) is 16.8 Å². The molecule has 1 aromatic rings. The summed E-state index contributed by atoms with van der Waals surface area (Å²) >= 11 is 0.730. The monoisotopic (exact) mass is 374 g/mol. The molecule has 0 bridgehead atoms. The number of hydrogen-bond donors (Lipinski definition) is 2. The fraction of sp³-hybridized carbons (Fsp3) is 0.400. The second-order valence-electron chi connectivity index (χ2n) is 4.01. The van der Waals surface area contributed by atoms with Gasteiger partial charge < -0.3 is 4.74 Å². The van der Waals surface area contributed by atoms with Gasteiger partial charge in [0.25, 0.3) is 10.0 Å². The van der Waals surface area contributed by atoms with Crippen LogP contribution in [-0.2, 0) is 24.8 Å². The van der Waals surface area contributed by atoms with Gasteiger partial charge in [0, 0.05) is 32.0 Å². The molecule has 1 aliphatic heterocycles. The Morgan fingerprint density at radius 2 is 2.14 bits per heavy atom. The highest BCUT2D eigenvalue weighted by Gasteiger charge is 2.27. The zero-order chi connectivity index (χ0) is 14.8. The Morgan fingerprint density at radius 1 is 1.43 bits per heavy atom. The molecule has 0 amide bonds. The Kier molecular flexibility index (Phi) is 6.20. The van der Waals surface area contributed by atoms with E-state index in [-0.39, 0.29) is 27.4 Å². The highest BCUT2D eigenvalue weighted by molar-refractivity contribution is 7.94. The molecule has 1 aromatic heterocycles. The van der Waals surface area contributed by atoms with Crippen LogP contribution in [-0.4, -0.2) is 37.1 Å². The summed E-state index contributed by atoms with van der Waals surface area (Å²) in [5, 5.41) is 0. The number of sulfonamides is 2. The van der Waals surface area contributed by atoms with E-state index in [1.165, 1.54) is 25.5 Å². The first-order valence-corrected chi connectivity index (χ1v) is 9.46. The lowest BCUT2D eigenvalue weighted by Gasteiger charge is -2.06. The van der Waals surface area contributed by atoms with Crippen LogP contribution in [0.15, 0.2) is 20.7 Å². The van der Waals surface area contributed by atoms with Crippen molar-refractivity contribution in [3.8, 4) is 0 Å². The third-order valence-corrected chi connectivity index (χ3v) is 7.47. The van der Waals surface area contributed by atoms with Crippen molar-refractivity contribution in [2.75, 3.05) is 20.3 Å². The van der Waals surface area contributed by atoms with Crippen molar-refractivity contribution in [1.29, 1.82) is 0 Å². The van der Waals surface area contributed by atoms with E-state index < -0.39 is 20.0 Å². The molecule has 0 spiro atoms. The fourth-order valence-corrected chi connectivity index (χ4v) is 5.70. The van der Waals surface area contributed by atoms with Crippen LogP contribution in [0.25, 0.3) is 6.08 Å². The molecule has 1 aliphatic rings. The van der Waals surface area contributed by atoms with Crippen molar-refractivity contribution >= 4 is 49.9 Å². The normalized spacial score (nSPS) is 15.9. The van der Waals surface area contributed by atoms with E-state index in [1.807, 2.05) is 0 Å². The number of methoxy groups -OCH3 is 1. The van der Waals surface area contributed by atoms with Gasteiger partial charge in [0.05, 0.1) is 0 Å². The summed E-state index contributed by atoms with van der Waals surface area (Å²) in [6, 6.07) is 1.35. The molecular weight excluding hydrogens is 360 g/mol. The van der Waals surface area contributed by atoms with E-state index in [1.54, 1.807) is 0 Å². The van der Waals surface area contributed by atoms with Gasteiger partial charge in [0.1, 0.15) is 8.42 Å². The van der Waals surface area contributed by atoms with Gasteiger partial charge in [-0.2, -0.15) is 0 Å². The summed E-state index contributed by atoms with van der Waals surface area (Å²) < 4.78 is 57.0. The number of rotatable bonds is 6. The third-order valence-electron chi connectivity index (χ3n) is 2.51. The van der Waals surface area contributed by atoms with Gasteiger partial charge in [-0.25, -0.2) is 21.6 Å². The second-order valence-corrected chi connectivity index (χ2v) is 8.96. The zero-order valence-corrected chi connectivity index (χ0v) is 14.3. The van der Waals surface area contributed by atoms with Gasteiger partial charge in [-0.15, -0.1) is 23.7 Å². The number of nitrogens with one attached hydrogen (secondary N) is 2. The maximum absolute atomic E-state index is 12.0. The van der Waals surface area contributed by atoms with Crippen LogP contribution >= 0.6 is 23.7 Å². The minimum Gasteiger partial charge on any atom is -0.385 e. The van der Waals surface area contributed by atoms with Crippen LogP contribution in [0.2, 0.25) is 0 Å². The molecule has 0 unspecified atom stereocenters. The summed E-state index contributed by atoms with van der Waals surface area (Å²) in [5.74, 6) is 0. The Bertz CT molecular complexity index is 724. The fourth-order valence-electron chi connectivity index (χ4n) is 1.59. The summed E-state index contributed by atoms with van der Waals surface area (Å²) in [6.45, 7) is 0.685. The van der Waals surface area contributed by atoms with Crippen LogP contribution in [0, 0.1) is 0 Å². The van der Waals surface area contributed by atoms with Crippen LogP contribution in [0.3, 0.4) is 0 Å². The quantitative estimate of drug-likeness (QED) is 0.715. The first kappa shape index (κ1) is 18.4. The van der Waals surface area contributed by atoms with Crippen LogP contribution in [0.1, 0.15) is 12.0 Å². The average molecular weight is 375 g/mol. The van der Waals surface area contributed by atoms with Crippen LogP contribution in [0.5, 0.6) is 0 Å². The molecule has 0 aliphatic carbocycles. The molecule has 2 N–H and O–H groups in total. The molecule has 0 saturated heterocycles. The summed E-state index contributed by atoms with van der Waals surface area (Å²) in [6.07, 6.45) is 3.34. The Labute approximate surface area is 133 Å². The smallest absolute Gasteiger partial charge is 0.271 e. The number of thiophene rings is 1. The van der Waals surface area contributed by atoms with E-state index in [0.29, 0.717) is 18.6 Å². The molecule has 0 aromatic carbocycles. The third kappa shape index (κ3) is 4.18. The van der Waals surface area contributed by atoms with Gasteiger partial charge >= 0.3 is 0 Å². The molecule has 120 valence electrons. The Balaban J connectivity index is 0.00000220. The summed E-state index contributed by atoms with van der Waals surface area (Å²) in [5.41, 5.74) is 0.381. The predicted molar refractivity (Wildman–Crippen MR) is 82.6 cm³/mol. The molecule has 0 radical (unpaired) electrons. The SMILES string of the molecule is COCCCNS(=O)(=O)c1cc2c(s1)S(=O)(=O)NC=C2.Cl. The first-order valence-electron chi connectivity index (χ1n) is 5.68. The molecule has 0 fully saturated rings. The van der Waals surface area contributed by atoms with Crippen molar-refractivity contribution in [3.05, 3.63) is 17.8 Å². The van der Waals surface area contributed by atoms with Gasteiger partial charge in [0.2, 0.25) is 10.0 Å². The maximum atomic E-state index is 12.0. The lowest BCUT2D eigenvalue weighted by molar-refractivity contribution is 0.196. The maximum Gasteiger partial charge on any atom is 0.271 e. The van der Waals surface area contributed by atoms with Crippen molar-refractivity contribution < 1.29 is 21.6 Å². The van der Waals surface area contributed by atoms with Crippen molar-refractivity contribution in [2.45, 2.75) is 14.8 Å². The minimum absolute atomic E-state index is 0. The summed E-state index contributed by atoms with van der Waals surface area (Å²) in [7, 11) is -5.81. The van der Waals surface area contributed by atoms with Gasteiger partial charge in [-0.1, -0.05) is 0 Å². The average Bonchev–Trinajstić information content (AvgIpc) is 2.81. The van der Waals surface area contributed by atoms with Crippen molar-refractivity contribution in [1.82, 2.24) is 9.44 Å². The topological polar surface area (TPSA) is 102 Å². The number of hydrogen-bond acceptors (Lipinski definition) is 6. The van der Waals surface area contributed by atoms with E-state index in [0.717, 1.165) is 11.3 Å². The largest absolute Gasteiger partial charge is 0.385 e. The molecular formula is C10H15ClN2O5S3. The minimum atomic E-state index is -3.70. The Hall–Kier alpha value is -0.650. The van der Waals surface area contributed by atoms with Crippen molar-refractivity contribution in [3.63, 3.8) is 0 Å². The lowest BCUT2D eigenvalue weighted by Crippen LogP contribution is -2.24. The van der Waals surface area contributed by atoms with Crippen LogP contribution < -0.4 is 9.44 Å². The number of ether oxygens (including phenoxy) is 1. The van der Waals surface area contributed by atoms with E-state index in [2.05, 4.69) is 9.44 Å². The molecule has 21 heavy (non-hydrogen) atoms. The van der Waals surface area contributed by atoms with E-state index in [4.69, 9.17) is 4.74 Å². The summed E-state index contributed by atoms with van der Waals surface area (Å²) in [4.78, 5) is 0. The van der Waals surface area contributed by atoms with E-state index >= 15 is 0 Å². The van der Waals surface area contributed by atoms with Crippen molar-refractivity contribution in [2.24, 2.45) is 0 Å². The van der Waals surface area contributed by atoms with Gasteiger partial charge in [0.15, 0.2) is 0 Å². The molecule has 2 heterocycles. The zero-order valence-electron chi connectivity index (χ0n) is 11.0. The van der Waals surface area contributed by atoms with Gasteiger partial charge in [-0.05, 0) is 18.6 Å². The number of fused-ring (bicyclic) bond motifs is 1. The predicted octanol–water partition coefficient (Wildman–Crippen LogP) is 0.747. The molecule has 2 rings (SSSR count). The standard InChI is InChI=1S/C10H14N2O5S3.ClH/c1-17-6-2-4-11-19(13,14)9-7-8-3-5-12-20(15,16)10(8)18-9;/h3,5,7,11-12H,2,4,6H2,1H3;1H. The first-order chi connectivity index (χ1) is 9.37. The van der Waals surface area contributed by atoms with Gasteiger partial charge in [-0.3, -0.25) is 4.72 Å². The molecule has 0 saturated carbocycles. The molecule has 7 nitrogen and oxygen atoms in total. The highest BCUT2D eigenvalue weighted by atomic mass is 35.5. The Morgan fingerprint density at radius 3 is 2.76 bits per heavy atom. The molecule has 11 heteroatoms.